The van der Waals surface area contributed by atoms with Crippen LogP contribution in [0.5, 0.6) is 0 Å². The summed E-state index contributed by atoms with van der Waals surface area (Å²) < 4.78 is 5.14. The second-order valence-electron chi connectivity index (χ2n) is 4.84. The van der Waals surface area contributed by atoms with Crippen molar-refractivity contribution in [3.63, 3.8) is 0 Å². The van der Waals surface area contributed by atoms with Gasteiger partial charge in [-0.25, -0.2) is 0 Å². The van der Waals surface area contributed by atoms with Crippen LogP contribution in [0.2, 0.25) is 0 Å². The van der Waals surface area contributed by atoms with Crippen LogP contribution < -0.4 is 5.32 Å². The fraction of sp³-hybridized carbons (Fsp3) is 0.833. The zero-order valence-corrected chi connectivity index (χ0v) is 10.9. The van der Waals surface area contributed by atoms with Gasteiger partial charge in [0.25, 0.3) is 0 Å². The van der Waals surface area contributed by atoms with Crippen LogP contribution >= 0.6 is 0 Å². The third-order valence-electron chi connectivity index (χ3n) is 3.46. The molecule has 2 atom stereocenters. The van der Waals surface area contributed by atoms with Crippen molar-refractivity contribution < 1.29 is 4.52 Å². The Labute approximate surface area is 103 Å². The molecule has 0 bridgehead atoms. The Morgan fingerprint density at radius 1 is 1.53 bits per heavy atom. The van der Waals surface area contributed by atoms with E-state index in [1.807, 2.05) is 6.92 Å². The molecule has 0 amide bonds. The zero-order chi connectivity index (χ0) is 12.3. The maximum Gasteiger partial charge on any atom is 0.227 e. The fourth-order valence-corrected chi connectivity index (χ4v) is 2.26. The Hall–Kier alpha value is -0.940. The molecule has 5 nitrogen and oxygen atoms in total. The summed E-state index contributed by atoms with van der Waals surface area (Å²) in [5, 5.41) is 7.37. The minimum Gasteiger partial charge on any atom is -0.339 e. The first-order chi connectivity index (χ1) is 8.19. The third-order valence-corrected chi connectivity index (χ3v) is 3.46. The van der Waals surface area contributed by atoms with Crippen molar-refractivity contribution in [3.8, 4) is 0 Å². The first-order valence-electron chi connectivity index (χ1n) is 6.45. The Balaban J connectivity index is 1.84. The molecular formula is C12H22N4O. The molecule has 1 saturated heterocycles. The van der Waals surface area contributed by atoms with Crippen molar-refractivity contribution in [2.24, 2.45) is 0 Å². The second-order valence-corrected chi connectivity index (χ2v) is 4.84. The van der Waals surface area contributed by atoms with Crippen LogP contribution in [0.1, 0.15) is 32.0 Å². The van der Waals surface area contributed by atoms with Gasteiger partial charge in [0.15, 0.2) is 5.82 Å². The predicted molar refractivity (Wildman–Crippen MR) is 65.9 cm³/mol. The Morgan fingerprint density at radius 3 is 3.00 bits per heavy atom. The van der Waals surface area contributed by atoms with Crippen LogP contribution in [-0.4, -0.2) is 46.8 Å². The van der Waals surface area contributed by atoms with E-state index in [0.29, 0.717) is 12.1 Å². The van der Waals surface area contributed by atoms with E-state index in [9.17, 15) is 0 Å². The van der Waals surface area contributed by atoms with Crippen molar-refractivity contribution in [2.75, 3.05) is 19.6 Å². The van der Waals surface area contributed by atoms with Crippen molar-refractivity contribution >= 4 is 0 Å². The van der Waals surface area contributed by atoms with E-state index in [-0.39, 0.29) is 0 Å². The van der Waals surface area contributed by atoms with Crippen LogP contribution in [0, 0.1) is 6.92 Å². The molecular weight excluding hydrogens is 216 g/mol. The number of hydrogen-bond donors (Lipinski definition) is 1. The molecule has 0 aliphatic carbocycles. The summed E-state index contributed by atoms with van der Waals surface area (Å²) in [6.07, 6.45) is 2.03. The number of nitrogens with one attached hydrogen (secondary N) is 1. The molecule has 2 rings (SSSR count). The average molecular weight is 238 g/mol. The van der Waals surface area contributed by atoms with Gasteiger partial charge in [0.1, 0.15) is 0 Å². The minimum absolute atomic E-state index is 0.585. The summed E-state index contributed by atoms with van der Waals surface area (Å²) in [6.45, 7) is 9.53. The van der Waals surface area contributed by atoms with Crippen molar-refractivity contribution in [2.45, 2.75) is 45.7 Å². The van der Waals surface area contributed by atoms with Gasteiger partial charge in [-0.15, -0.1) is 0 Å². The van der Waals surface area contributed by atoms with Gasteiger partial charge < -0.3 is 9.84 Å². The lowest BCUT2D eigenvalue weighted by Crippen LogP contribution is -2.55. The third kappa shape index (κ3) is 3.26. The topological polar surface area (TPSA) is 54.2 Å². The molecule has 2 unspecified atom stereocenters. The lowest BCUT2D eigenvalue weighted by Gasteiger charge is -2.38. The summed E-state index contributed by atoms with van der Waals surface area (Å²) in [5.74, 6) is 1.47. The molecule has 96 valence electrons. The molecule has 2 heterocycles. The number of nitrogens with zero attached hydrogens (tertiary/aromatic N) is 3. The number of hydrogen-bond acceptors (Lipinski definition) is 5. The standard InChI is InChI=1S/C12H22N4O/c1-4-11-8-16(9(2)7-13-11)6-5-12-14-10(3)15-17-12/h9,11,13H,4-8H2,1-3H3. The smallest absolute Gasteiger partial charge is 0.227 e. The maximum atomic E-state index is 5.14. The summed E-state index contributed by atoms with van der Waals surface area (Å²) in [6, 6.07) is 1.21. The van der Waals surface area contributed by atoms with Crippen molar-refractivity contribution in [3.05, 3.63) is 11.7 Å². The van der Waals surface area contributed by atoms with E-state index in [4.69, 9.17) is 4.52 Å². The van der Waals surface area contributed by atoms with E-state index in [1.165, 1.54) is 6.42 Å². The van der Waals surface area contributed by atoms with Crippen molar-refractivity contribution in [1.29, 1.82) is 0 Å². The highest BCUT2D eigenvalue weighted by molar-refractivity contribution is 4.87. The quantitative estimate of drug-likeness (QED) is 0.848. The van der Waals surface area contributed by atoms with Crippen LogP contribution in [0.3, 0.4) is 0 Å². The SMILES string of the molecule is CCC1CN(CCc2nc(C)no2)C(C)CN1. The first-order valence-corrected chi connectivity index (χ1v) is 6.45. The van der Waals surface area contributed by atoms with Gasteiger partial charge in [0.05, 0.1) is 0 Å². The van der Waals surface area contributed by atoms with Gasteiger partial charge >= 0.3 is 0 Å². The monoisotopic (exact) mass is 238 g/mol. The highest BCUT2D eigenvalue weighted by atomic mass is 16.5. The summed E-state index contributed by atoms with van der Waals surface area (Å²) in [7, 11) is 0. The van der Waals surface area contributed by atoms with Gasteiger partial charge in [0.2, 0.25) is 5.89 Å². The van der Waals surface area contributed by atoms with Gasteiger partial charge in [0, 0.05) is 38.1 Å². The van der Waals surface area contributed by atoms with Crippen LogP contribution in [0.4, 0.5) is 0 Å². The Morgan fingerprint density at radius 2 is 2.35 bits per heavy atom. The van der Waals surface area contributed by atoms with Gasteiger partial charge in [-0.1, -0.05) is 12.1 Å². The molecule has 1 N–H and O–H groups in total. The molecule has 1 fully saturated rings. The molecule has 0 spiro atoms. The predicted octanol–water partition coefficient (Wildman–Crippen LogP) is 0.993. The van der Waals surface area contributed by atoms with Gasteiger partial charge in [-0.3, -0.25) is 4.90 Å². The molecule has 1 aromatic heterocycles. The summed E-state index contributed by atoms with van der Waals surface area (Å²) in [5.41, 5.74) is 0. The van der Waals surface area contributed by atoms with E-state index in [0.717, 1.165) is 37.8 Å². The molecule has 0 radical (unpaired) electrons. The summed E-state index contributed by atoms with van der Waals surface area (Å²) in [4.78, 5) is 6.74. The van der Waals surface area contributed by atoms with Crippen LogP contribution in [-0.2, 0) is 6.42 Å². The van der Waals surface area contributed by atoms with Crippen LogP contribution in [0.25, 0.3) is 0 Å². The van der Waals surface area contributed by atoms with Gasteiger partial charge in [-0.2, -0.15) is 4.98 Å². The molecule has 0 aromatic carbocycles. The maximum absolute atomic E-state index is 5.14. The summed E-state index contributed by atoms with van der Waals surface area (Å²) >= 11 is 0. The highest BCUT2D eigenvalue weighted by Gasteiger charge is 2.23. The molecule has 1 aliphatic heterocycles. The van der Waals surface area contributed by atoms with E-state index >= 15 is 0 Å². The van der Waals surface area contributed by atoms with E-state index in [2.05, 4.69) is 34.2 Å². The normalized spacial score (nSPS) is 26.3. The molecule has 1 aliphatic rings. The molecule has 1 aromatic rings. The number of piperazine rings is 1. The van der Waals surface area contributed by atoms with E-state index < -0.39 is 0 Å². The molecule has 5 heteroatoms. The van der Waals surface area contributed by atoms with Crippen LogP contribution in [0.15, 0.2) is 4.52 Å². The Bertz CT molecular complexity index is 352. The molecule has 17 heavy (non-hydrogen) atoms. The average Bonchev–Trinajstić information content (AvgIpc) is 2.74. The van der Waals surface area contributed by atoms with E-state index in [1.54, 1.807) is 0 Å². The lowest BCUT2D eigenvalue weighted by molar-refractivity contribution is 0.137. The fourth-order valence-electron chi connectivity index (χ4n) is 2.26. The Kier molecular flexibility index (Phi) is 4.12. The van der Waals surface area contributed by atoms with Crippen molar-refractivity contribution in [1.82, 2.24) is 20.4 Å². The highest BCUT2D eigenvalue weighted by Crippen LogP contribution is 2.10. The number of aromatic nitrogens is 2. The number of aryl methyl sites for hydroxylation is 1. The second kappa shape index (κ2) is 5.60. The zero-order valence-electron chi connectivity index (χ0n) is 10.9. The number of rotatable bonds is 4. The largest absolute Gasteiger partial charge is 0.339 e. The molecule has 0 saturated carbocycles. The minimum atomic E-state index is 0.585. The van der Waals surface area contributed by atoms with Gasteiger partial charge in [-0.05, 0) is 20.3 Å². The first kappa shape index (κ1) is 12.5. The lowest BCUT2D eigenvalue weighted by atomic mass is 10.1.